The summed E-state index contributed by atoms with van der Waals surface area (Å²) < 4.78 is 17.9. The number of nitro benzene ring substituents is 1. The van der Waals surface area contributed by atoms with Gasteiger partial charge in [-0.25, -0.2) is 4.39 Å². The van der Waals surface area contributed by atoms with E-state index in [4.69, 9.17) is 4.74 Å². The van der Waals surface area contributed by atoms with Crippen molar-refractivity contribution < 1.29 is 23.6 Å². The largest absolute Gasteiger partial charge is 0.460 e. The van der Waals surface area contributed by atoms with Gasteiger partial charge in [-0.3, -0.25) is 19.7 Å². The van der Waals surface area contributed by atoms with Crippen LogP contribution in [0.15, 0.2) is 48.5 Å². The van der Waals surface area contributed by atoms with Gasteiger partial charge in [-0.05, 0) is 35.9 Å². The second kappa shape index (κ2) is 7.82. The summed E-state index contributed by atoms with van der Waals surface area (Å²) in [5.41, 5.74) is 0.607. The Labute approximate surface area is 136 Å². The minimum absolute atomic E-state index is 0.0626. The first-order valence-electron chi connectivity index (χ1n) is 6.88. The summed E-state index contributed by atoms with van der Waals surface area (Å²) in [4.78, 5) is 33.3. The molecular weight excluding hydrogens is 319 g/mol. The normalized spacial score (nSPS) is 10.0. The summed E-state index contributed by atoms with van der Waals surface area (Å²) >= 11 is 0. The Kier molecular flexibility index (Phi) is 5.56. The minimum Gasteiger partial charge on any atom is -0.460 e. The van der Waals surface area contributed by atoms with E-state index < -0.39 is 22.6 Å². The second-order valence-corrected chi connectivity index (χ2v) is 4.78. The first-order chi connectivity index (χ1) is 11.5. The molecule has 0 aliphatic heterocycles. The van der Waals surface area contributed by atoms with E-state index in [1.807, 2.05) is 0 Å². The highest BCUT2D eigenvalue weighted by atomic mass is 19.1. The van der Waals surface area contributed by atoms with Gasteiger partial charge in [0, 0.05) is 17.7 Å². The van der Waals surface area contributed by atoms with Crippen molar-refractivity contribution in [2.45, 2.75) is 6.61 Å². The molecule has 0 saturated carbocycles. The number of benzene rings is 2. The number of rotatable bonds is 6. The van der Waals surface area contributed by atoms with Gasteiger partial charge < -0.3 is 10.1 Å². The van der Waals surface area contributed by atoms with Crippen LogP contribution in [0.1, 0.15) is 15.9 Å². The Balaban J connectivity index is 1.79. The van der Waals surface area contributed by atoms with E-state index >= 15 is 0 Å². The molecule has 0 aliphatic carbocycles. The summed E-state index contributed by atoms with van der Waals surface area (Å²) in [5, 5.41) is 12.8. The van der Waals surface area contributed by atoms with Crippen LogP contribution in [-0.4, -0.2) is 23.3 Å². The van der Waals surface area contributed by atoms with Crippen molar-refractivity contribution in [1.29, 1.82) is 0 Å². The van der Waals surface area contributed by atoms with Gasteiger partial charge in [0.1, 0.15) is 19.0 Å². The molecule has 24 heavy (non-hydrogen) atoms. The number of amides is 1. The highest BCUT2D eigenvalue weighted by Crippen LogP contribution is 2.12. The van der Waals surface area contributed by atoms with Crippen molar-refractivity contribution >= 4 is 17.6 Å². The summed E-state index contributed by atoms with van der Waals surface area (Å²) in [6.45, 7) is -0.449. The first-order valence-corrected chi connectivity index (χ1v) is 6.88. The second-order valence-electron chi connectivity index (χ2n) is 4.78. The third kappa shape index (κ3) is 4.87. The molecule has 7 nitrogen and oxygen atoms in total. The number of hydrogen-bond acceptors (Lipinski definition) is 5. The molecule has 0 saturated heterocycles. The fraction of sp³-hybridized carbons (Fsp3) is 0.125. The number of carbonyl (C=O) groups excluding carboxylic acids is 2. The number of ether oxygens (including phenoxy) is 1. The van der Waals surface area contributed by atoms with Crippen molar-refractivity contribution in [2.24, 2.45) is 0 Å². The summed E-state index contributed by atoms with van der Waals surface area (Å²) in [6, 6.07) is 10.6. The van der Waals surface area contributed by atoms with E-state index in [-0.39, 0.29) is 24.4 Å². The molecule has 0 bridgehead atoms. The third-order valence-electron chi connectivity index (χ3n) is 3.03. The average Bonchev–Trinajstić information content (AvgIpc) is 2.58. The molecule has 0 aliphatic rings. The molecule has 1 amide bonds. The monoisotopic (exact) mass is 332 g/mol. The molecule has 0 heterocycles. The number of esters is 1. The number of non-ortho nitro benzene ring substituents is 1. The third-order valence-corrected chi connectivity index (χ3v) is 3.03. The maximum Gasteiger partial charge on any atom is 0.325 e. The Bertz CT molecular complexity index is 761. The van der Waals surface area contributed by atoms with Gasteiger partial charge in [0.05, 0.1) is 4.92 Å². The zero-order chi connectivity index (χ0) is 17.5. The molecule has 1 N–H and O–H groups in total. The lowest BCUT2D eigenvalue weighted by atomic mass is 10.2. The van der Waals surface area contributed by atoms with E-state index in [9.17, 15) is 24.1 Å². The molecule has 0 spiro atoms. The molecule has 2 rings (SSSR count). The van der Waals surface area contributed by atoms with Gasteiger partial charge in [-0.2, -0.15) is 0 Å². The van der Waals surface area contributed by atoms with Gasteiger partial charge in [0.25, 0.3) is 11.6 Å². The van der Waals surface area contributed by atoms with E-state index in [1.54, 1.807) is 0 Å². The van der Waals surface area contributed by atoms with Crippen molar-refractivity contribution in [3.8, 4) is 0 Å². The lowest BCUT2D eigenvalue weighted by molar-refractivity contribution is -0.384. The highest BCUT2D eigenvalue weighted by molar-refractivity contribution is 5.95. The van der Waals surface area contributed by atoms with E-state index in [1.165, 1.54) is 42.5 Å². The fourth-order valence-corrected chi connectivity index (χ4v) is 1.81. The van der Waals surface area contributed by atoms with Crippen LogP contribution in [0.2, 0.25) is 0 Å². The van der Waals surface area contributed by atoms with Gasteiger partial charge >= 0.3 is 5.97 Å². The van der Waals surface area contributed by atoms with Gasteiger partial charge in [0.2, 0.25) is 0 Å². The van der Waals surface area contributed by atoms with E-state index in [2.05, 4.69) is 5.32 Å². The molecule has 0 atom stereocenters. The predicted octanol–water partition coefficient (Wildman–Crippen LogP) is 2.21. The van der Waals surface area contributed by atoms with Gasteiger partial charge in [-0.15, -0.1) is 0 Å². The molecule has 0 aromatic heterocycles. The number of halogens is 1. The molecular formula is C16H13FN2O5. The van der Waals surface area contributed by atoms with Crippen LogP contribution in [-0.2, 0) is 16.1 Å². The molecule has 0 radical (unpaired) electrons. The zero-order valence-corrected chi connectivity index (χ0v) is 12.4. The number of nitrogens with one attached hydrogen (secondary N) is 1. The minimum atomic E-state index is -0.682. The van der Waals surface area contributed by atoms with Crippen molar-refractivity contribution in [3.63, 3.8) is 0 Å². The Morgan fingerprint density at radius 2 is 1.88 bits per heavy atom. The Morgan fingerprint density at radius 1 is 1.17 bits per heavy atom. The number of hydrogen-bond donors (Lipinski definition) is 1. The van der Waals surface area contributed by atoms with Crippen LogP contribution in [0, 0.1) is 15.9 Å². The maximum absolute atomic E-state index is 13.0. The van der Waals surface area contributed by atoms with Gasteiger partial charge in [-0.1, -0.05) is 6.07 Å². The van der Waals surface area contributed by atoms with Crippen LogP contribution in [0.4, 0.5) is 10.1 Å². The van der Waals surface area contributed by atoms with E-state index in [0.29, 0.717) is 5.56 Å². The summed E-state index contributed by atoms with van der Waals surface area (Å²) in [7, 11) is 0. The van der Waals surface area contributed by atoms with Gasteiger partial charge in [0.15, 0.2) is 0 Å². The molecule has 2 aromatic carbocycles. The topological polar surface area (TPSA) is 98.5 Å². The fourth-order valence-electron chi connectivity index (χ4n) is 1.81. The maximum atomic E-state index is 13.0. The molecule has 8 heteroatoms. The zero-order valence-electron chi connectivity index (χ0n) is 12.4. The molecule has 0 fully saturated rings. The van der Waals surface area contributed by atoms with Crippen molar-refractivity contribution in [3.05, 3.63) is 75.6 Å². The van der Waals surface area contributed by atoms with Crippen molar-refractivity contribution in [2.75, 3.05) is 6.54 Å². The van der Waals surface area contributed by atoms with Crippen molar-refractivity contribution in [1.82, 2.24) is 5.32 Å². The van der Waals surface area contributed by atoms with Crippen LogP contribution in [0.25, 0.3) is 0 Å². The van der Waals surface area contributed by atoms with E-state index in [0.717, 1.165) is 6.07 Å². The SMILES string of the molecule is O=C(CNC(=O)c1cccc(F)c1)OCc1ccc([N+](=O)[O-])cc1. The summed E-state index contributed by atoms with van der Waals surface area (Å²) in [5.74, 6) is -1.83. The number of carbonyl (C=O) groups is 2. The molecule has 0 unspecified atom stereocenters. The molecule has 124 valence electrons. The van der Waals surface area contributed by atoms with Crippen LogP contribution < -0.4 is 5.32 Å². The number of nitrogens with zero attached hydrogens (tertiary/aromatic N) is 1. The Morgan fingerprint density at radius 3 is 2.50 bits per heavy atom. The first kappa shape index (κ1) is 17.1. The standard InChI is InChI=1S/C16H13FN2O5/c17-13-3-1-2-12(8-13)16(21)18-9-15(20)24-10-11-4-6-14(7-5-11)19(22)23/h1-8H,9-10H2,(H,18,21). The Hall–Kier alpha value is -3.29. The lowest BCUT2D eigenvalue weighted by Gasteiger charge is -2.07. The lowest BCUT2D eigenvalue weighted by Crippen LogP contribution is -2.30. The molecule has 2 aromatic rings. The smallest absolute Gasteiger partial charge is 0.325 e. The van der Waals surface area contributed by atoms with Crippen LogP contribution >= 0.6 is 0 Å². The summed E-state index contributed by atoms with van der Waals surface area (Å²) in [6.07, 6.45) is 0. The number of nitro groups is 1. The van der Waals surface area contributed by atoms with Crippen LogP contribution in [0.5, 0.6) is 0 Å². The highest BCUT2D eigenvalue weighted by Gasteiger charge is 2.10. The average molecular weight is 332 g/mol. The van der Waals surface area contributed by atoms with Crippen LogP contribution in [0.3, 0.4) is 0 Å². The quantitative estimate of drug-likeness (QED) is 0.497. The predicted molar refractivity (Wildman–Crippen MR) is 81.6 cm³/mol.